The number of esters is 1. The molecule has 3 aromatic carbocycles. The van der Waals surface area contributed by atoms with Gasteiger partial charge in [0.15, 0.2) is 11.9 Å². The van der Waals surface area contributed by atoms with Crippen LogP contribution in [-0.4, -0.2) is 80.8 Å². The second kappa shape index (κ2) is 12.9. The first-order valence-corrected chi connectivity index (χ1v) is 14.3. The number of ether oxygens (including phenoxy) is 1. The third-order valence-corrected chi connectivity index (χ3v) is 7.98. The van der Waals surface area contributed by atoms with Crippen molar-refractivity contribution in [2.45, 2.75) is 18.5 Å². The average molecular weight is 562 g/mol. The van der Waals surface area contributed by atoms with Crippen LogP contribution in [0.15, 0.2) is 97.2 Å². The molecular formula is C33H35N7O2. The molecule has 1 aliphatic heterocycles. The summed E-state index contributed by atoms with van der Waals surface area (Å²) in [5, 5.41) is 14.0. The molecule has 9 nitrogen and oxygen atoms in total. The average Bonchev–Trinajstić information content (AvgIpc) is 3.69. The van der Waals surface area contributed by atoms with Crippen molar-refractivity contribution in [1.29, 1.82) is 0 Å². The van der Waals surface area contributed by atoms with Gasteiger partial charge in [0.25, 0.3) is 0 Å². The van der Waals surface area contributed by atoms with E-state index >= 15 is 0 Å². The second-order valence-electron chi connectivity index (χ2n) is 10.5. The van der Waals surface area contributed by atoms with Crippen LogP contribution >= 0.6 is 0 Å². The number of methoxy groups -OCH3 is 1. The Bertz CT molecular complexity index is 1620. The highest BCUT2D eigenvalue weighted by Crippen LogP contribution is 2.31. The van der Waals surface area contributed by atoms with E-state index in [4.69, 9.17) is 4.74 Å². The van der Waals surface area contributed by atoms with E-state index in [1.165, 1.54) is 12.7 Å². The smallest absolute Gasteiger partial charge is 0.331 e. The van der Waals surface area contributed by atoms with Gasteiger partial charge in [0.2, 0.25) is 0 Å². The minimum atomic E-state index is -0.713. The van der Waals surface area contributed by atoms with Gasteiger partial charge in [-0.15, -0.1) is 5.10 Å². The van der Waals surface area contributed by atoms with Gasteiger partial charge in [0.05, 0.1) is 13.2 Å². The van der Waals surface area contributed by atoms with E-state index in [9.17, 15) is 4.79 Å². The summed E-state index contributed by atoms with van der Waals surface area (Å²) in [4.78, 5) is 21.4. The maximum Gasteiger partial charge on any atom is 0.331 e. The van der Waals surface area contributed by atoms with Crippen molar-refractivity contribution in [2.75, 3.05) is 39.8 Å². The maximum atomic E-state index is 13.2. The van der Waals surface area contributed by atoms with Crippen molar-refractivity contribution in [3.05, 3.63) is 120 Å². The maximum absolute atomic E-state index is 13.2. The number of aromatic amines is 1. The number of hydrogen-bond acceptors (Lipinski definition) is 7. The van der Waals surface area contributed by atoms with Crippen LogP contribution in [0.4, 0.5) is 0 Å². The molecule has 1 fully saturated rings. The zero-order valence-electron chi connectivity index (χ0n) is 23.7. The second-order valence-corrected chi connectivity index (χ2v) is 10.5. The number of para-hydroxylation sites is 1. The Morgan fingerprint density at radius 3 is 2.43 bits per heavy atom. The molecule has 0 saturated carbocycles. The SMILES string of the molecule is COC(=O)C(Cc1c[nH]c2ccccc12)n1nnnc1[C@H](c1ccccc1)N1CCN(C/C=C/c2ccccc2)CC1. The van der Waals surface area contributed by atoms with Crippen LogP contribution in [0.3, 0.4) is 0 Å². The predicted octanol–water partition coefficient (Wildman–Crippen LogP) is 4.53. The minimum absolute atomic E-state index is 0.210. The van der Waals surface area contributed by atoms with Crippen LogP contribution in [0.25, 0.3) is 17.0 Å². The van der Waals surface area contributed by atoms with Crippen molar-refractivity contribution in [1.82, 2.24) is 35.0 Å². The molecule has 9 heteroatoms. The van der Waals surface area contributed by atoms with Crippen LogP contribution in [0, 0.1) is 0 Å². The number of carbonyl (C=O) groups is 1. The number of nitrogens with zero attached hydrogens (tertiary/aromatic N) is 6. The van der Waals surface area contributed by atoms with E-state index in [1.54, 1.807) is 4.68 Å². The lowest BCUT2D eigenvalue weighted by Crippen LogP contribution is -2.48. The van der Waals surface area contributed by atoms with Gasteiger partial charge in [0, 0.05) is 56.2 Å². The lowest BCUT2D eigenvalue weighted by atomic mass is 10.0. The Labute approximate surface area is 245 Å². The molecular weight excluding hydrogens is 526 g/mol. The number of hydrogen-bond donors (Lipinski definition) is 1. The zero-order chi connectivity index (χ0) is 28.7. The van der Waals surface area contributed by atoms with E-state index < -0.39 is 6.04 Å². The molecule has 1 aliphatic rings. The number of fused-ring (bicyclic) bond motifs is 1. The number of carbonyl (C=O) groups excluding carboxylic acids is 1. The fraction of sp³-hybridized carbons (Fsp3) is 0.273. The molecule has 2 aromatic heterocycles. The molecule has 42 heavy (non-hydrogen) atoms. The Balaban J connectivity index is 1.25. The summed E-state index contributed by atoms with van der Waals surface area (Å²) in [6, 6.07) is 27.8. The summed E-state index contributed by atoms with van der Waals surface area (Å²) >= 11 is 0. The van der Waals surface area contributed by atoms with Gasteiger partial charge in [-0.2, -0.15) is 0 Å². The monoisotopic (exact) mass is 561 g/mol. The van der Waals surface area contributed by atoms with Crippen LogP contribution in [0.2, 0.25) is 0 Å². The summed E-state index contributed by atoms with van der Waals surface area (Å²) in [7, 11) is 1.41. The van der Waals surface area contributed by atoms with E-state index in [0.717, 1.165) is 54.8 Å². The summed E-state index contributed by atoms with van der Waals surface area (Å²) < 4.78 is 6.94. The van der Waals surface area contributed by atoms with E-state index in [2.05, 4.69) is 84.9 Å². The van der Waals surface area contributed by atoms with Gasteiger partial charge in [-0.1, -0.05) is 91.0 Å². The number of nitrogens with one attached hydrogen (secondary N) is 1. The van der Waals surface area contributed by atoms with Crippen molar-refractivity contribution < 1.29 is 9.53 Å². The third-order valence-electron chi connectivity index (χ3n) is 7.98. The summed E-state index contributed by atoms with van der Waals surface area (Å²) in [5.41, 5.74) is 4.32. The topological polar surface area (TPSA) is 92.2 Å². The first kappa shape index (κ1) is 27.6. The highest BCUT2D eigenvalue weighted by Gasteiger charge is 2.35. The van der Waals surface area contributed by atoms with Crippen LogP contribution < -0.4 is 0 Å². The van der Waals surface area contributed by atoms with E-state index in [1.807, 2.05) is 48.7 Å². The number of rotatable bonds is 10. The predicted molar refractivity (Wildman–Crippen MR) is 163 cm³/mol. The Hall–Kier alpha value is -4.60. The zero-order valence-corrected chi connectivity index (χ0v) is 23.7. The molecule has 1 saturated heterocycles. The van der Waals surface area contributed by atoms with E-state index in [-0.39, 0.29) is 12.0 Å². The largest absolute Gasteiger partial charge is 0.467 e. The van der Waals surface area contributed by atoms with Crippen molar-refractivity contribution in [2.24, 2.45) is 0 Å². The molecule has 0 spiro atoms. The van der Waals surface area contributed by atoms with Crippen molar-refractivity contribution in [3.8, 4) is 0 Å². The van der Waals surface area contributed by atoms with Crippen LogP contribution in [-0.2, 0) is 16.0 Å². The minimum Gasteiger partial charge on any atom is -0.467 e. The van der Waals surface area contributed by atoms with Gasteiger partial charge in [0.1, 0.15) is 0 Å². The Kier molecular flexibility index (Phi) is 8.48. The molecule has 214 valence electrons. The van der Waals surface area contributed by atoms with Crippen molar-refractivity contribution in [3.63, 3.8) is 0 Å². The van der Waals surface area contributed by atoms with Crippen LogP contribution in [0.1, 0.15) is 34.6 Å². The fourth-order valence-electron chi connectivity index (χ4n) is 5.78. The van der Waals surface area contributed by atoms with Gasteiger partial charge in [-0.05, 0) is 33.2 Å². The molecule has 0 radical (unpaired) electrons. The quantitative estimate of drug-likeness (QED) is 0.251. The van der Waals surface area contributed by atoms with Gasteiger partial charge in [-0.3, -0.25) is 9.80 Å². The summed E-state index contributed by atoms with van der Waals surface area (Å²) in [6.07, 6.45) is 6.75. The number of aromatic nitrogens is 5. The molecule has 2 atom stereocenters. The van der Waals surface area contributed by atoms with Crippen LogP contribution in [0.5, 0.6) is 0 Å². The van der Waals surface area contributed by atoms with Gasteiger partial charge >= 0.3 is 5.97 Å². The molecule has 0 aliphatic carbocycles. The first-order chi connectivity index (χ1) is 20.7. The number of benzene rings is 3. The highest BCUT2D eigenvalue weighted by atomic mass is 16.5. The summed E-state index contributed by atoms with van der Waals surface area (Å²) in [6.45, 7) is 4.42. The summed E-state index contributed by atoms with van der Waals surface area (Å²) in [5.74, 6) is 0.254. The molecule has 0 bridgehead atoms. The lowest BCUT2D eigenvalue weighted by Gasteiger charge is -2.38. The normalized spacial score (nSPS) is 16.1. The fourth-order valence-corrected chi connectivity index (χ4v) is 5.78. The lowest BCUT2D eigenvalue weighted by molar-refractivity contribution is -0.145. The standard InChI is InChI=1S/C33H35N7O2/c1-42-33(41)30(23-27-24-34-29-17-9-8-16-28(27)29)40-32(35-36-37-40)31(26-14-6-3-7-15-26)39-21-19-38(20-22-39)18-10-13-25-11-4-2-5-12-25/h2-17,24,30-31,34H,18-23H2,1H3/b13-10+/t30?,31-/m0/s1. The van der Waals surface area contributed by atoms with Gasteiger partial charge < -0.3 is 9.72 Å². The van der Waals surface area contributed by atoms with Gasteiger partial charge in [-0.25, -0.2) is 9.48 Å². The Morgan fingerprint density at radius 2 is 1.67 bits per heavy atom. The number of piperazine rings is 1. The number of tetrazole rings is 1. The molecule has 1 unspecified atom stereocenters. The van der Waals surface area contributed by atoms with Crippen molar-refractivity contribution >= 4 is 22.9 Å². The first-order valence-electron chi connectivity index (χ1n) is 14.3. The van der Waals surface area contributed by atoms with E-state index in [0.29, 0.717) is 12.2 Å². The molecule has 1 N–H and O–H groups in total. The molecule has 6 rings (SSSR count). The molecule has 3 heterocycles. The number of H-pyrrole nitrogens is 1. The molecule has 0 amide bonds. The Morgan fingerprint density at radius 1 is 0.952 bits per heavy atom. The third kappa shape index (κ3) is 6.02. The highest BCUT2D eigenvalue weighted by molar-refractivity contribution is 5.84. The molecule has 5 aromatic rings.